The van der Waals surface area contributed by atoms with Gasteiger partial charge in [-0.25, -0.2) is 4.79 Å². The van der Waals surface area contributed by atoms with Crippen molar-refractivity contribution in [3.63, 3.8) is 0 Å². The Morgan fingerprint density at radius 2 is 2.15 bits per heavy atom. The van der Waals surface area contributed by atoms with Crippen molar-refractivity contribution in [1.29, 1.82) is 0 Å². The molecule has 2 saturated carbocycles. The number of carbonyl (C=O) groups is 1. The molecule has 146 valence electrons. The molecule has 3 rings (SSSR count). The summed E-state index contributed by atoms with van der Waals surface area (Å²) in [5, 5.41) is 20.7. The van der Waals surface area contributed by atoms with E-state index in [1.165, 1.54) is 5.57 Å². The Hall–Kier alpha value is -1.17. The lowest BCUT2D eigenvalue weighted by atomic mass is 9.46. The van der Waals surface area contributed by atoms with E-state index in [9.17, 15) is 15.0 Å². The first-order valence-electron chi connectivity index (χ1n) is 9.64. The second kappa shape index (κ2) is 7.10. The third-order valence-electron chi connectivity index (χ3n) is 7.53. The van der Waals surface area contributed by atoms with Crippen molar-refractivity contribution >= 4 is 5.97 Å². The Kier molecular flexibility index (Phi) is 5.35. The minimum atomic E-state index is -0.500. The third-order valence-corrected chi connectivity index (χ3v) is 7.53. The van der Waals surface area contributed by atoms with Crippen molar-refractivity contribution in [2.24, 2.45) is 22.7 Å². The van der Waals surface area contributed by atoms with Crippen LogP contribution < -0.4 is 0 Å². The van der Waals surface area contributed by atoms with Crippen LogP contribution >= 0.6 is 0 Å². The smallest absolute Gasteiger partial charge is 0.336 e. The summed E-state index contributed by atoms with van der Waals surface area (Å²) in [5.41, 5.74) is 1.22. The number of hydrogen-bond donors (Lipinski definition) is 2. The number of ether oxygens (including phenoxy) is 2. The molecule has 0 aromatic carbocycles. The number of hydrogen-bond acceptors (Lipinski definition) is 5. The second-order valence-electron chi connectivity index (χ2n) is 8.74. The fourth-order valence-electron chi connectivity index (χ4n) is 5.84. The highest BCUT2D eigenvalue weighted by molar-refractivity contribution is 5.91. The fourth-order valence-corrected chi connectivity index (χ4v) is 5.84. The molecular weight excluding hydrogens is 332 g/mol. The largest absolute Gasteiger partial charge is 0.458 e. The van der Waals surface area contributed by atoms with E-state index < -0.39 is 11.5 Å². The van der Waals surface area contributed by atoms with Gasteiger partial charge in [-0.15, -0.1) is 0 Å². The first kappa shape index (κ1) is 19.6. The molecule has 26 heavy (non-hydrogen) atoms. The maximum Gasteiger partial charge on any atom is 0.336 e. The van der Waals surface area contributed by atoms with Gasteiger partial charge in [-0.3, -0.25) is 0 Å². The van der Waals surface area contributed by atoms with E-state index in [2.05, 4.69) is 13.5 Å². The van der Waals surface area contributed by atoms with E-state index in [4.69, 9.17) is 9.47 Å². The quantitative estimate of drug-likeness (QED) is 0.579. The number of carbonyl (C=O) groups excluding carboxylic acids is 1. The Balaban J connectivity index is 1.90. The van der Waals surface area contributed by atoms with Crippen molar-refractivity contribution in [2.45, 2.75) is 58.2 Å². The maximum atomic E-state index is 12.0. The minimum absolute atomic E-state index is 0.0151. The topological polar surface area (TPSA) is 76.0 Å². The summed E-state index contributed by atoms with van der Waals surface area (Å²) in [6.07, 6.45) is 5.08. The average Bonchev–Trinajstić information content (AvgIpc) is 3.04. The lowest BCUT2D eigenvalue weighted by Crippen LogP contribution is -2.57. The van der Waals surface area contributed by atoms with E-state index in [0.717, 1.165) is 19.3 Å². The zero-order chi connectivity index (χ0) is 19.1. The van der Waals surface area contributed by atoms with Crippen LogP contribution in [-0.4, -0.2) is 48.7 Å². The molecule has 0 saturated heterocycles. The lowest BCUT2D eigenvalue weighted by molar-refractivity contribution is -0.155. The summed E-state index contributed by atoms with van der Waals surface area (Å²) >= 11 is 0. The SMILES string of the molecule is C=C1CC[C@@H]2[C@](C)(CO)[C@H](O)CC[C@@]2(C)[C@@H]1C[C@H](OC)C1=CCOC1=O. The number of esters is 1. The molecule has 2 aliphatic carbocycles. The number of aliphatic hydroxyl groups is 2. The Labute approximate surface area is 156 Å². The Bertz CT molecular complexity index is 612. The molecule has 0 aromatic heterocycles. The normalized spacial score (nSPS) is 41.4. The zero-order valence-electron chi connectivity index (χ0n) is 16.2. The molecule has 3 aliphatic rings. The van der Waals surface area contributed by atoms with Gasteiger partial charge in [0, 0.05) is 12.5 Å². The van der Waals surface area contributed by atoms with Gasteiger partial charge in [-0.05, 0) is 55.4 Å². The van der Waals surface area contributed by atoms with Gasteiger partial charge < -0.3 is 19.7 Å². The van der Waals surface area contributed by atoms with Crippen molar-refractivity contribution < 1.29 is 24.5 Å². The predicted molar refractivity (Wildman–Crippen MR) is 98.4 cm³/mol. The van der Waals surface area contributed by atoms with Crippen molar-refractivity contribution in [2.75, 3.05) is 20.3 Å². The molecule has 1 heterocycles. The molecule has 5 heteroatoms. The van der Waals surface area contributed by atoms with Gasteiger partial charge in [0.15, 0.2) is 0 Å². The van der Waals surface area contributed by atoms with Gasteiger partial charge in [-0.1, -0.05) is 26.0 Å². The summed E-state index contributed by atoms with van der Waals surface area (Å²) < 4.78 is 10.7. The average molecular weight is 364 g/mol. The standard InChI is InChI=1S/C21H32O5/c1-13-5-6-17-20(2,9-7-18(23)21(17,3)12-22)15(13)11-16(25-4)14-8-10-26-19(14)24/h8,15-18,22-23H,1,5-7,9-12H2,2-4H3/t15-,16+,17+,18-,20+,21+/m1/s1. The van der Waals surface area contributed by atoms with E-state index in [-0.39, 0.29) is 35.9 Å². The molecule has 0 radical (unpaired) electrons. The Morgan fingerprint density at radius 3 is 2.73 bits per heavy atom. The van der Waals surface area contributed by atoms with Crippen LogP contribution in [0.15, 0.2) is 23.8 Å². The number of rotatable bonds is 5. The monoisotopic (exact) mass is 364 g/mol. The molecule has 0 spiro atoms. The van der Waals surface area contributed by atoms with Crippen LogP contribution in [0.4, 0.5) is 0 Å². The molecule has 6 atom stereocenters. The lowest BCUT2D eigenvalue weighted by Gasteiger charge is -2.60. The van der Waals surface area contributed by atoms with E-state index >= 15 is 0 Å². The first-order chi connectivity index (χ1) is 12.3. The summed E-state index contributed by atoms with van der Waals surface area (Å²) in [7, 11) is 1.63. The molecule has 0 amide bonds. The van der Waals surface area contributed by atoms with Gasteiger partial charge in [0.05, 0.1) is 24.4 Å². The van der Waals surface area contributed by atoms with E-state index in [1.807, 2.05) is 13.0 Å². The highest BCUT2D eigenvalue weighted by Crippen LogP contribution is 2.62. The molecule has 1 aliphatic heterocycles. The fraction of sp³-hybridized carbons (Fsp3) is 0.762. The van der Waals surface area contributed by atoms with Gasteiger partial charge in [0.2, 0.25) is 0 Å². The van der Waals surface area contributed by atoms with Crippen LogP contribution in [0.25, 0.3) is 0 Å². The number of fused-ring (bicyclic) bond motifs is 1. The second-order valence-corrected chi connectivity index (χ2v) is 8.74. The molecule has 0 aromatic rings. The van der Waals surface area contributed by atoms with Gasteiger partial charge >= 0.3 is 5.97 Å². The van der Waals surface area contributed by atoms with Gasteiger partial charge in [-0.2, -0.15) is 0 Å². The maximum absolute atomic E-state index is 12.0. The van der Waals surface area contributed by atoms with Crippen molar-refractivity contribution in [3.8, 4) is 0 Å². The van der Waals surface area contributed by atoms with Crippen LogP contribution in [-0.2, 0) is 14.3 Å². The number of allylic oxidation sites excluding steroid dienone is 1. The van der Waals surface area contributed by atoms with Crippen LogP contribution in [0.3, 0.4) is 0 Å². The number of aliphatic hydroxyl groups excluding tert-OH is 2. The van der Waals surface area contributed by atoms with Crippen LogP contribution in [0.2, 0.25) is 0 Å². The van der Waals surface area contributed by atoms with Crippen molar-refractivity contribution in [1.82, 2.24) is 0 Å². The van der Waals surface area contributed by atoms with E-state index in [1.54, 1.807) is 7.11 Å². The highest BCUT2D eigenvalue weighted by Gasteiger charge is 2.58. The predicted octanol–water partition coefficient (Wildman–Crippen LogP) is 2.62. The van der Waals surface area contributed by atoms with Gasteiger partial charge in [0.25, 0.3) is 0 Å². The Morgan fingerprint density at radius 1 is 1.42 bits per heavy atom. The summed E-state index contributed by atoms with van der Waals surface area (Å²) in [6.45, 7) is 8.91. The van der Waals surface area contributed by atoms with Gasteiger partial charge in [0.1, 0.15) is 6.61 Å². The molecule has 0 bridgehead atoms. The van der Waals surface area contributed by atoms with Crippen molar-refractivity contribution in [3.05, 3.63) is 23.8 Å². The van der Waals surface area contributed by atoms with Crippen LogP contribution in [0, 0.1) is 22.7 Å². The molecule has 2 fully saturated rings. The summed E-state index contributed by atoms with van der Waals surface area (Å²) in [5.74, 6) is 0.0966. The molecule has 0 unspecified atom stereocenters. The summed E-state index contributed by atoms with van der Waals surface area (Å²) in [4.78, 5) is 12.0. The minimum Gasteiger partial charge on any atom is -0.458 e. The molecule has 2 N–H and O–H groups in total. The third kappa shape index (κ3) is 2.94. The number of cyclic esters (lactones) is 1. The highest BCUT2D eigenvalue weighted by atomic mass is 16.5. The number of methoxy groups -OCH3 is 1. The van der Waals surface area contributed by atoms with Crippen LogP contribution in [0.5, 0.6) is 0 Å². The molecular formula is C21H32O5. The zero-order valence-corrected chi connectivity index (χ0v) is 16.2. The molecule has 5 nitrogen and oxygen atoms in total. The summed E-state index contributed by atoms with van der Waals surface area (Å²) in [6, 6.07) is 0. The first-order valence-corrected chi connectivity index (χ1v) is 9.64. The van der Waals surface area contributed by atoms with Crippen LogP contribution in [0.1, 0.15) is 46.0 Å². The van der Waals surface area contributed by atoms with E-state index in [0.29, 0.717) is 25.0 Å².